The van der Waals surface area contributed by atoms with Gasteiger partial charge in [0.2, 0.25) is 0 Å². The molecule has 1 aromatic rings. The molecular weight excluding hydrogens is 152 g/mol. The van der Waals surface area contributed by atoms with Gasteiger partial charge in [-0.2, -0.15) is 0 Å². The van der Waals surface area contributed by atoms with Crippen LogP contribution in [0.25, 0.3) is 0 Å². The molecule has 0 aromatic carbocycles. The number of rotatable bonds is 3. The van der Waals surface area contributed by atoms with Gasteiger partial charge in [-0.15, -0.1) is 0 Å². The second-order valence-corrected chi connectivity index (χ2v) is 3.75. The predicted octanol–water partition coefficient (Wildman–Crippen LogP) is 1.03. The van der Waals surface area contributed by atoms with Crippen molar-refractivity contribution in [1.29, 1.82) is 0 Å². The molecule has 0 fully saturated rings. The van der Waals surface area contributed by atoms with Gasteiger partial charge in [-0.25, -0.2) is 0 Å². The van der Waals surface area contributed by atoms with Crippen LogP contribution in [-0.4, -0.2) is 16.7 Å². The fraction of sp³-hybridized carbons (Fsp3) is 0.556. The maximum atomic E-state index is 9.07. The third-order valence-corrected chi connectivity index (χ3v) is 2.21. The van der Waals surface area contributed by atoms with Crippen molar-refractivity contribution in [1.82, 2.24) is 4.98 Å². The van der Waals surface area contributed by atoms with Crippen molar-refractivity contribution < 1.29 is 5.11 Å². The number of hydrogen-bond donors (Lipinski definition) is 3. The number of hydrogen-bond acceptors (Lipinski definition) is 2. The highest BCUT2D eigenvalue weighted by Crippen LogP contribution is 2.29. The maximum absolute atomic E-state index is 9.07. The van der Waals surface area contributed by atoms with Crippen LogP contribution in [0.4, 0.5) is 0 Å². The molecule has 0 saturated carbocycles. The quantitative estimate of drug-likeness (QED) is 0.631. The minimum Gasteiger partial charge on any atom is -0.396 e. The molecule has 0 aliphatic heterocycles. The first-order valence-electron chi connectivity index (χ1n) is 4.07. The Labute approximate surface area is 72.6 Å². The lowest BCUT2D eigenvalue weighted by atomic mass is 9.84. The number of nitrogens with two attached hydrogens (primary N) is 1. The number of aromatic nitrogens is 1. The molecule has 0 radical (unpaired) electrons. The molecule has 0 unspecified atom stereocenters. The molecule has 0 aliphatic rings. The first kappa shape index (κ1) is 9.29. The Morgan fingerprint density at radius 2 is 2.33 bits per heavy atom. The monoisotopic (exact) mass is 168 g/mol. The lowest BCUT2D eigenvalue weighted by Crippen LogP contribution is -2.32. The second-order valence-electron chi connectivity index (χ2n) is 3.75. The van der Waals surface area contributed by atoms with E-state index in [1.54, 1.807) is 0 Å². The van der Waals surface area contributed by atoms with E-state index in [2.05, 4.69) is 4.98 Å². The molecule has 3 heteroatoms. The average Bonchev–Trinajstić information content (AvgIpc) is 2.55. The summed E-state index contributed by atoms with van der Waals surface area (Å²) in [6.07, 6.45) is 1.84. The Morgan fingerprint density at radius 3 is 2.75 bits per heavy atom. The van der Waals surface area contributed by atoms with Crippen LogP contribution >= 0.6 is 0 Å². The van der Waals surface area contributed by atoms with Crippen molar-refractivity contribution in [2.24, 2.45) is 11.1 Å². The van der Waals surface area contributed by atoms with E-state index >= 15 is 0 Å². The normalized spacial score (nSPS) is 14.7. The molecule has 0 amide bonds. The summed E-state index contributed by atoms with van der Waals surface area (Å²) in [4.78, 5) is 3.04. The Morgan fingerprint density at radius 1 is 1.67 bits per heavy atom. The smallest absolute Gasteiger partial charge is 0.0521 e. The minimum absolute atomic E-state index is 0.0905. The number of aromatic amines is 1. The summed E-state index contributed by atoms with van der Waals surface area (Å²) in [7, 11) is 0. The van der Waals surface area contributed by atoms with Crippen LogP contribution in [0.5, 0.6) is 0 Å². The Hall–Kier alpha value is -0.800. The van der Waals surface area contributed by atoms with E-state index in [1.165, 1.54) is 0 Å². The van der Waals surface area contributed by atoms with E-state index in [4.69, 9.17) is 10.8 Å². The summed E-state index contributed by atoms with van der Waals surface area (Å²) in [5.41, 5.74) is 6.63. The lowest BCUT2D eigenvalue weighted by Gasteiger charge is -2.28. The Bertz CT molecular complexity index is 229. The molecule has 1 aromatic heterocycles. The molecular formula is C9H16N2O. The molecule has 0 bridgehead atoms. The van der Waals surface area contributed by atoms with Crippen molar-refractivity contribution in [3.05, 3.63) is 24.0 Å². The van der Waals surface area contributed by atoms with Crippen LogP contribution in [0.15, 0.2) is 18.3 Å². The van der Waals surface area contributed by atoms with Crippen molar-refractivity contribution in [3.63, 3.8) is 0 Å². The van der Waals surface area contributed by atoms with Crippen LogP contribution in [0.3, 0.4) is 0 Å². The summed E-state index contributed by atoms with van der Waals surface area (Å²) in [6.45, 7) is 3.98. The summed E-state index contributed by atoms with van der Waals surface area (Å²) >= 11 is 0. The van der Waals surface area contributed by atoms with Crippen LogP contribution in [-0.2, 0) is 0 Å². The van der Waals surface area contributed by atoms with Crippen molar-refractivity contribution in [3.8, 4) is 0 Å². The molecule has 1 rings (SSSR count). The van der Waals surface area contributed by atoms with Crippen LogP contribution < -0.4 is 5.73 Å². The number of nitrogens with one attached hydrogen (secondary N) is 1. The van der Waals surface area contributed by atoms with Crippen LogP contribution in [0, 0.1) is 5.41 Å². The van der Waals surface area contributed by atoms with Crippen molar-refractivity contribution in [2.45, 2.75) is 19.9 Å². The first-order chi connectivity index (χ1) is 5.58. The molecule has 0 saturated heterocycles. The molecule has 68 valence electrons. The van der Waals surface area contributed by atoms with Gasteiger partial charge in [0.25, 0.3) is 0 Å². The summed E-state index contributed by atoms with van der Waals surface area (Å²) in [5, 5.41) is 9.07. The average molecular weight is 168 g/mol. The van der Waals surface area contributed by atoms with Gasteiger partial charge in [0.1, 0.15) is 0 Å². The molecule has 1 atom stereocenters. The van der Waals surface area contributed by atoms with Gasteiger partial charge in [0.15, 0.2) is 0 Å². The predicted molar refractivity (Wildman–Crippen MR) is 48.6 cm³/mol. The zero-order valence-electron chi connectivity index (χ0n) is 7.54. The zero-order chi connectivity index (χ0) is 9.19. The summed E-state index contributed by atoms with van der Waals surface area (Å²) < 4.78 is 0. The maximum Gasteiger partial charge on any atom is 0.0521 e. The Balaban J connectivity index is 2.78. The number of H-pyrrole nitrogens is 1. The first-order valence-corrected chi connectivity index (χ1v) is 4.07. The minimum atomic E-state index is -0.273. The van der Waals surface area contributed by atoms with Crippen LogP contribution in [0.1, 0.15) is 25.6 Å². The molecule has 3 nitrogen and oxygen atoms in total. The summed E-state index contributed by atoms with van der Waals surface area (Å²) in [6, 6.07) is 3.70. The van der Waals surface area contributed by atoms with E-state index in [-0.39, 0.29) is 18.1 Å². The highest BCUT2D eigenvalue weighted by atomic mass is 16.3. The standard InChI is InChI=1S/C9H16N2O/c1-9(2,6-12)8(10)7-4-3-5-11-7/h3-5,8,11-12H,6,10H2,1-2H3/t8-/m1/s1. The topological polar surface area (TPSA) is 62.0 Å². The molecule has 1 heterocycles. The van der Waals surface area contributed by atoms with Crippen molar-refractivity contribution in [2.75, 3.05) is 6.61 Å². The third kappa shape index (κ3) is 1.68. The van der Waals surface area contributed by atoms with E-state index in [0.717, 1.165) is 5.69 Å². The highest BCUT2D eigenvalue weighted by molar-refractivity contribution is 5.11. The second kappa shape index (κ2) is 3.29. The highest BCUT2D eigenvalue weighted by Gasteiger charge is 2.27. The van der Waals surface area contributed by atoms with E-state index in [1.807, 2.05) is 32.2 Å². The van der Waals surface area contributed by atoms with Crippen LogP contribution in [0.2, 0.25) is 0 Å². The van der Waals surface area contributed by atoms with Gasteiger partial charge in [0.05, 0.1) is 12.6 Å². The zero-order valence-corrected chi connectivity index (χ0v) is 7.54. The number of aliphatic hydroxyl groups is 1. The van der Waals surface area contributed by atoms with E-state index in [0.29, 0.717) is 0 Å². The molecule has 12 heavy (non-hydrogen) atoms. The molecule has 0 spiro atoms. The lowest BCUT2D eigenvalue weighted by molar-refractivity contribution is 0.131. The largest absolute Gasteiger partial charge is 0.396 e. The fourth-order valence-corrected chi connectivity index (χ4v) is 1.06. The van der Waals surface area contributed by atoms with Gasteiger partial charge in [-0.1, -0.05) is 13.8 Å². The van der Waals surface area contributed by atoms with Gasteiger partial charge in [0, 0.05) is 17.3 Å². The van der Waals surface area contributed by atoms with E-state index < -0.39 is 0 Å². The molecule has 0 aliphatic carbocycles. The summed E-state index contributed by atoms with van der Waals surface area (Å²) in [5.74, 6) is 0. The third-order valence-electron chi connectivity index (χ3n) is 2.21. The molecule has 4 N–H and O–H groups in total. The van der Waals surface area contributed by atoms with Gasteiger partial charge in [-0.3, -0.25) is 0 Å². The number of aliphatic hydroxyl groups excluding tert-OH is 1. The fourth-order valence-electron chi connectivity index (χ4n) is 1.06. The van der Waals surface area contributed by atoms with Crippen molar-refractivity contribution >= 4 is 0 Å². The Kier molecular flexibility index (Phi) is 2.55. The van der Waals surface area contributed by atoms with E-state index in [9.17, 15) is 0 Å². The van der Waals surface area contributed by atoms with Gasteiger partial charge < -0.3 is 15.8 Å². The SMILES string of the molecule is CC(C)(CO)[C@H](N)c1ccc[nH]1. The van der Waals surface area contributed by atoms with Gasteiger partial charge in [-0.05, 0) is 12.1 Å². The van der Waals surface area contributed by atoms with Gasteiger partial charge >= 0.3 is 0 Å².